The summed E-state index contributed by atoms with van der Waals surface area (Å²) in [7, 11) is 1.65. The van der Waals surface area contributed by atoms with Gasteiger partial charge in [-0.1, -0.05) is 24.3 Å². The van der Waals surface area contributed by atoms with E-state index in [0.29, 0.717) is 17.9 Å². The number of methoxy groups -OCH3 is 1. The Morgan fingerprint density at radius 3 is 2.47 bits per heavy atom. The van der Waals surface area contributed by atoms with Gasteiger partial charge in [0.25, 0.3) is 0 Å². The summed E-state index contributed by atoms with van der Waals surface area (Å²) in [5.41, 5.74) is 1.71. The number of piperazine rings is 1. The molecule has 8 heteroatoms. The third-order valence-corrected chi connectivity index (χ3v) is 6.03. The van der Waals surface area contributed by atoms with Crippen LogP contribution in [0.15, 0.2) is 48.5 Å². The minimum absolute atomic E-state index is 0.209. The summed E-state index contributed by atoms with van der Waals surface area (Å²) >= 11 is 0. The molecule has 3 aromatic rings. The van der Waals surface area contributed by atoms with Crippen molar-refractivity contribution in [2.24, 2.45) is 0 Å². The van der Waals surface area contributed by atoms with Gasteiger partial charge in [-0.25, -0.2) is 9.07 Å². The maximum atomic E-state index is 14.9. The van der Waals surface area contributed by atoms with Gasteiger partial charge in [0.05, 0.1) is 25.8 Å². The van der Waals surface area contributed by atoms with Crippen molar-refractivity contribution in [1.82, 2.24) is 20.2 Å². The fraction of sp³-hybridized carbons (Fsp3) is 0.409. The summed E-state index contributed by atoms with van der Waals surface area (Å²) in [6, 6.07) is 14.6. The van der Waals surface area contributed by atoms with Gasteiger partial charge in [-0.15, -0.1) is 5.10 Å². The summed E-state index contributed by atoms with van der Waals surface area (Å²) < 4.78 is 21.9. The Balaban J connectivity index is 1.66. The highest BCUT2D eigenvalue weighted by molar-refractivity contribution is 5.28. The molecule has 158 valence electrons. The van der Waals surface area contributed by atoms with E-state index in [-0.39, 0.29) is 11.9 Å². The molecule has 0 spiro atoms. The first-order valence-electron chi connectivity index (χ1n) is 10.5. The molecule has 1 saturated heterocycles. The zero-order valence-corrected chi connectivity index (χ0v) is 17.5. The maximum Gasteiger partial charge on any atom is 0.214 e. The molecule has 0 amide bonds. The van der Waals surface area contributed by atoms with Gasteiger partial charge in [-0.2, -0.15) is 0 Å². The average Bonchev–Trinajstić information content (AvgIpc) is 3.24. The van der Waals surface area contributed by atoms with Crippen molar-refractivity contribution in [3.8, 4) is 5.75 Å². The molecule has 1 atom stereocenters. The van der Waals surface area contributed by atoms with Gasteiger partial charge in [-0.05, 0) is 47.2 Å². The summed E-state index contributed by atoms with van der Waals surface area (Å²) in [5.74, 6) is 1.30. The number of quaternary nitrogens is 2. The lowest BCUT2D eigenvalue weighted by Gasteiger charge is -2.33. The molecule has 0 radical (unpaired) electrons. The molecule has 2 heterocycles. The Labute approximate surface area is 176 Å². The van der Waals surface area contributed by atoms with E-state index in [9.17, 15) is 4.39 Å². The van der Waals surface area contributed by atoms with Gasteiger partial charge in [0.2, 0.25) is 5.82 Å². The van der Waals surface area contributed by atoms with Crippen LogP contribution in [0, 0.1) is 5.82 Å². The fourth-order valence-corrected chi connectivity index (χ4v) is 4.25. The largest absolute Gasteiger partial charge is 0.497 e. The number of halogens is 1. The molecule has 2 N–H and O–H groups in total. The predicted molar refractivity (Wildman–Crippen MR) is 110 cm³/mol. The number of nitrogens with zero attached hydrogens (tertiary/aromatic N) is 4. The molecule has 2 aromatic carbocycles. The van der Waals surface area contributed by atoms with Gasteiger partial charge in [0.15, 0.2) is 6.04 Å². The molecule has 7 nitrogen and oxygen atoms in total. The van der Waals surface area contributed by atoms with Crippen LogP contribution in [0.5, 0.6) is 5.75 Å². The van der Waals surface area contributed by atoms with Crippen LogP contribution in [0.2, 0.25) is 0 Å². The number of hydrogen-bond donors (Lipinski definition) is 2. The second kappa shape index (κ2) is 9.32. The quantitative estimate of drug-likeness (QED) is 0.563. The van der Waals surface area contributed by atoms with Gasteiger partial charge >= 0.3 is 0 Å². The van der Waals surface area contributed by atoms with Crippen LogP contribution in [0.1, 0.15) is 29.9 Å². The minimum Gasteiger partial charge on any atom is -0.497 e. The molecule has 1 aliphatic heterocycles. The highest BCUT2D eigenvalue weighted by Gasteiger charge is 2.36. The van der Waals surface area contributed by atoms with Crippen LogP contribution in [-0.4, -0.2) is 60.0 Å². The minimum atomic E-state index is -0.238. The summed E-state index contributed by atoms with van der Waals surface area (Å²) in [6.45, 7) is 7.90. The van der Waals surface area contributed by atoms with Gasteiger partial charge in [0.1, 0.15) is 37.7 Å². The number of likely N-dealkylation sites (N-methyl/N-ethyl adjacent to an activating group) is 1. The molecule has 0 unspecified atom stereocenters. The number of ether oxygens (including phenoxy) is 1. The predicted octanol–water partition coefficient (Wildman–Crippen LogP) is -0.238. The van der Waals surface area contributed by atoms with E-state index >= 15 is 0 Å². The summed E-state index contributed by atoms with van der Waals surface area (Å²) in [6.07, 6.45) is 0. The second-order valence-electron chi connectivity index (χ2n) is 7.76. The third-order valence-electron chi connectivity index (χ3n) is 6.03. The summed E-state index contributed by atoms with van der Waals surface area (Å²) in [5, 5.41) is 12.6. The molecular formula is C22H29FN6O+2. The molecule has 0 saturated carbocycles. The molecule has 0 bridgehead atoms. The van der Waals surface area contributed by atoms with E-state index < -0.39 is 0 Å². The van der Waals surface area contributed by atoms with E-state index in [1.807, 2.05) is 36.4 Å². The normalized spacial score (nSPS) is 20.1. The fourth-order valence-electron chi connectivity index (χ4n) is 4.25. The van der Waals surface area contributed by atoms with E-state index in [0.717, 1.165) is 44.0 Å². The van der Waals surface area contributed by atoms with Crippen molar-refractivity contribution in [3.63, 3.8) is 0 Å². The maximum absolute atomic E-state index is 14.9. The van der Waals surface area contributed by atoms with Crippen molar-refractivity contribution in [3.05, 3.63) is 71.3 Å². The molecule has 1 fully saturated rings. The Morgan fingerprint density at radius 1 is 1.07 bits per heavy atom. The van der Waals surface area contributed by atoms with Crippen LogP contribution in [0.25, 0.3) is 0 Å². The highest BCUT2D eigenvalue weighted by atomic mass is 19.1. The number of benzene rings is 2. The zero-order valence-electron chi connectivity index (χ0n) is 17.5. The van der Waals surface area contributed by atoms with E-state index in [1.165, 1.54) is 11.0 Å². The van der Waals surface area contributed by atoms with Gasteiger partial charge < -0.3 is 14.5 Å². The second-order valence-corrected chi connectivity index (χ2v) is 7.76. The molecule has 4 rings (SSSR count). The van der Waals surface area contributed by atoms with E-state index in [4.69, 9.17) is 4.74 Å². The third kappa shape index (κ3) is 4.34. The standard InChI is InChI=1S/C22H27FN6O/c1-3-27-12-14-28(15-13-27)21(19-6-4-5-7-20(19)23)22-24-25-26-29(22)16-17-8-10-18(30-2)11-9-17/h4-11,21H,3,12-16H2,1-2H3/p+2/t21-/m1/s1. The van der Waals surface area contributed by atoms with E-state index in [1.54, 1.807) is 22.8 Å². The van der Waals surface area contributed by atoms with Crippen LogP contribution >= 0.6 is 0 Å². The van der Waals surface area contributed by atoms with E-state index in [2.05, 4.69) is 22.4 Å². The lowest BCUT2D eigenvalue weighted by molar-refractivity contribution is -1.02. The van der Waals surface area contributed by atoms with Crippen molar-refractivity contribution in [2.75, 3.05) is 39.8 Å². The summed E-state index contributed by atoms with van der Waals surface area (Å²) in [4.78, 5) is 2.90. The van der Waals surface area contributed by atoms with Crippen LogP contribution < -0.4 is 14.5 Å². The first-order valence-corrected chi connectivity index (χ1v) is 10.5. The number of aromatic nitrogens is 4. The van der Waals surface area contributed by atoms with Crippen molar-refractivity contribution < 1.29 is 18.9 Å². The molecule has 1 aromatic heterocycles. The SMILES string of the molecule is CC[NH+]1CC[NH+]([C@H](c2ccccc2F)c2nnnn2Cc2ccc(OC)cc2)CC1. The monoisotopic (exact) mass is 412 g/mol. The first kappa shape index (κ1) is 20.4. The molecule has 0 aliphatic carbocycles. The Kier molecular flexibility index (Phi) is 6.35. The average molecular weight is 413 g/mol. The Bertz CT molecular complexity index is 952. The first-order chi connectivity index (χ1) is 14.7. The number of nitrogens with one attached hydrogen (secondary N) is 2. The smallest absolute Gasteiger partial charge is 0.214 e. The van der Waals surface area contributed by atoms with Gasteiger partial charge in [-0.3, -0.25) is 0 Å². The molecule has 1 aliphatic rings. The Morgan fingerprint density at radius 2 is 1.80 bits per heavy atom. The Hall–Kier alpha value is -2.84. The zero-order chi connectivity index (χ0) is 20.9. The highest BCUT2D eigenvalue weighted by Crippen LogP contribution is 2.21. The van der Waals surface area contributed by atoms with Crippen LogP contribution in [-0.2, 0) is 6.54 Å². The number of rotatable bonds is 7. The van der Waals surface area contributed by atoms with Crippen LogP contribution in [0.3, 0.4) is 0 Å². The van der Waals surface area contributed by atoms with Crippen molar-refractivity contribution >= 4 is 0 Å². The molecular weight excluding hydrogens is 383 g/mol. The van der Waals surface area contributed by atoms with Gasteiger partial charge in [0, 0.05) is 0 Å². The van der Waals surface area contributed by atoms with Crippen molar-refractivity contribution in [2.45, 2.75) is 19.5 Å². The molecule has 30 heavy (non-hydrogen) atoms. The lowest BCUT2D eigenvalue weighted by Crippen LogP contribution is -3.28. The number of hydrogen-bond acceptors (Lipinski definition) is 4. The lowest BCUT2D eigenvalue weighted by atomic mass is 10.0. The number of tetrazole rings is 1. The topological polar surface area (TPSA) is 61.7 Å². The van der Waals surface area contributed by atoms with Crippen molar-refractivity contribution in [1.29, 1.82) is 0 Å². The van der Waals surface area contributed by atoms with Crippen LogP contribution in [0.4, 0.5) is 4.39 Å².